The zero-order valence-corrected chi connectivity index (χ0v) is 13.3. The van der Waals surface area contributed by atoms with Crippen molar-refractivity contribution in [3.05, 3.63) is 42.2 Å². The van der Waals surface area contributed by atoms with Gasteiger partial charge in [-0.1, -0.05) is 5.16 Å². The van der Waals surface area contributed by atoms with E-state index >= 15 is 0 Å². The normalized spacial score (nSPS) is 10.4. The summed E-state index contributed by atoms with van der Waals surface area (Å²) in [5.74, 6) is 1.73. The number of aromatic nitrogens is 3. The Morgan fingerprint density at radius 2 is 1.83 bits per heavy atom. The lowest BCUT2D eigenvalue weighted by Crippen LogP contribution is -2.01. The van der Waals surface area contributed by atoms with Gasteiger partial charge in [-0.15, -0.1) is 0 Å². The van der Waals surface area contributed by atoms with Gasteiger partial charge in [0, 0.05) is 30.6 Å². The number of benzene rings is 1. The van der Waals surface area contributed by atoms with E-state index in [-0.39, 0.29) is 0 Å². The molecule has 24 heavy (non-hydrogen) atoms. The van der Waals surface area contributed by atoms with Gasteiger partial charge >= 0.3 is 6.01 Å². The predicted molar refractivity (Wildman–Crippen MR) is 88.8 cm³/mol. The molecule has 0 aliphatic heterocycles. The molecule has 2 aromatic heterocycles. The molecule has 0 aliphatic carbocycles. The lowest BCUT2D eigenvalue weighted by Gasteiger charge is -2.05. The van der Waals surface area contributed by atoms with Gasteiger partial charge in [-0.25, -0.2) is 0 Å². The fourth-order valence-electron chi connectivity index (χ4n) is 2.13. The number of anilines is 2. The first kappa shape index (κ1) is 15.6. The van der Waals surface area contributed by atoms with E-state index in [4.69, 9.17) is 19.7 Å². The molecule has 1 aromatic carbocycles. The van der Waals surface area contributed by atoms with Crippen LogP contribution in [0.25, 0.3) is 11.4 Å². The molecule has 2 heterocycles. The summed E-state index contributed by atoms with van der Waals surface area (Å²) in [4.78, 5) is 8.35. The van der Waals surface area contributed by atoms with Gasteiger partial charge in [0.25, 0.3) is 0 Å². The first-order chi connectivity index (χ1) is 11.7. The third kappa shape index (κ3) is 3.54. The van der Waals surface area contributed by atoms with Crippen molar-refractivity contribution in [3.63, 3.8) is 0 Å². The molecule has 0 radical (unpaired) electrons. The molecule has 3 N–H and O–H groups in total. The summed E-state index contributed by atoms with van der Waals surface area (Å²) in [5, 5.41) is 7.00. The van der Waals surface area contributed by atoms with Crippen molar-refractivity contribution in [3.8, 4) is 22.9 Å². The van der Waals surface area contributed by atoms with Crippen LogP contribution in [0.2, 0.25) is 0 Å². The monoisotopic (exact) mass is 327 g/mol. The first-order valence-corrected chi connectivity index (χ1v) is 7.18. The second kappa shape index (κ2) is 6.86. The minimum atomic E-state index is 0.300. The quantitative estimate of drug-likeness (QED) is 0.710. The average Bonchev–Trinajstić information content (AvgIpc) is 3.08. The van der Waals surface area contributed by atoms with E-state index in [1.165, 1.54) is 0 Å². The molecule has 3 rings (SSSR count). The summed E-state index contributed by atoms with van der Waals surface area (Å²) in [5.41, 5.74) is 7.94. The Morgan fingerprint density at radius 1 is 1.08 bits per heavy atom. The molecule has 0 saturated heterocycles. The topological polar surface area (TPSA) is 108 Å². The lowest BCUT2D eigenvalue weighted by molar-refractivity contribution is 0.394. The van der Waals surface area contributed by atoms with Crippen LogP contribution in [-0.2, 0) is 6.54 Å². The highest BCUT2D eigenvalue weighted by Crippen LogP contribution is 2.28. The van der Waals surface area contributed by atoms with Crippen LogP contribution in [0.15, 0.2) is 41.2 Å². The molecule has 124 valence electrons. The first-order valence-electron chi connectivity index (χ1n) is 7.18. The van der Waals surface area contributed by atoms with Gasteiger partial charge in [0.2, 0.25) is 5.82 Å². The third-order valence-corrected chi connectivity index (χ3v) is 3.30. The molecule has 0 atom stereocenters. The second-order valence-electron chi connectivity index (χ2n) is 5.00. The molecule has 0 unspecified atom stereocenters. The molecule has 8 nitrogen and oxygen atoms in total. The van der Waals surface area contributed by atoms with Crippen LogP contribution in [-0.4, -0.2) is 29.3 Å². The molecule has 0 spiro atoms. The molecule has 0 bridgehead atoms. The van der Waals surface area contributed by atoms with Crippen molar-refractivity contribution >= 4 is 11.7 Å². The summed E-state index contributed by atoms with van der Waals surface area (Å²) < 4.78 is 15.7. The Balaban J connectivity index is 1.75. The third-order valence-electron chi connectivity index (χ3n) is 3.30. The Morgan fingerprint density at radius 3 is 2.50 bits per heavy atom. The van der Waals surface area contributed by atoms with Gasteiger partial charge < -0.3 is 25.0 Å². The number of nitrogens with two attached hydrogens (primary N) is 1. The van der Waals surface area contributed by atoms with Crippen molar-refractivity contribution in [2.24, 2.45) is 0 Å². The van der Waals surface area contributed by atoms with Crippen molar-refractivity contribution < 1.29 is 14.0 Å². The van der Waals surface area contributed by atoms with Gasteiger partial charge in [0.05, 0.1) is 19.9 Å². The number of ether oxygens (including phenoxy) is 2. The average molecular weight is 327 g/mol. The highest BCUT2D eigenvalue weighted by atomic mass is 16.5. The van der Waals surface area contributed by atoms with Gasteiger partial charge in [0.15, 0.2) is 0 Å². The highest BCUT2D eigenvalue weighted by Gasteiger charge is 2.11. The van der Waals surface area contributed by atoms with E-state index in [1.54, 1.807) is 44.8 Å². The summed E-state index contributed by atoms with van der Waals surface area (Å²) in [6, 6.07) is 7.51. The number of hydrogen-bond donors (Lipinski definition) is 2. The Kier molecular flexibility index (Phi) is 4.46. The van der Waals surface area contributed by atoms with Crippen LogP contribution in [0, 0.1) is 0 Å². The number of nitrogens with one attached hydrogen (secondary N) is 1. The number of pyridine rings is 1. The van der Waals surface area contributed by atoms with E-state index in [0.717, 1.165) is 11.1 Å². The minimum Gasteiger partial charge on any atom is -0.497 e. The maximum Gasteiger partial charge on any atom is 0.322 e. The molecule has 0 aliphatic rings. The molecule has 3 aromatic rings. The van der Waals surface area contributed by atoms with Crippen molar-refractivity contribution in [2.45, 2.75) is 6.54 Å². The molecule has 0 saturated carbocycles. The Hall–Kier alpha value is -3.29. The number of nitrogen functional groups attached to an aromatic ring is 1. The molecular formula is C16H17N5O3. The Labute approximate surface area is 138 Å². The van der Waals surface area contributed by atoms with Crippen LogP contribution < -0.4 is 20.5 Å². The summed E-state index contributed by atoms with van der Waals surface area (Å²) >= 11 is 0. The predicted octanol–water partition coefficient (Wildman–Crippen LogP) is 2.34. The van der Waals surface area contributed by atoms with E-state index in [2.05, 4.69) is 20.4 Å². The van der Waals surface area contributed by atoms with Crippen LogP contribution >= 0.6 is 0 Å². The van der Waals surface area contributed by atoms with Crippen LogP contribution in [0.1, 0.15) is 5.56 Å². The van der Waals surface area contributed by atoms with Gasteiger partial charge in [-0.2, -0.15) is 4.98 Å². The van der Waals surface area contributed by atoms with Gasteiger partial charge in [-0.05, 0) is 23.8 Å². The fourth-order valence-corrected chi connectivity index (χ4v) is 2.13. The fraction of sp³-hybridized carbons (Fsp3) is 0.188. The van der Waals surface area contributed by atoms with E-state index in [1.807, 2.05) is 6.07 Å². The van der Waals surface area contributed by atoms with E-state index in [9.17, 15) is 0 Å². The minimum absolute atomic E-state index is 0.300. The number of nitrogens with zero attached hydrogens (tertiary/aromatic N) is 3. The van der Waals surface area contributed by atoms with Crippen molar-refractivity contribution in [2.75, 3.05) is 25.3 Å². The van der Waals surface area contributed by atoms with Crippen molar-refractivity contribution in [1.82, 2.24) is 15.1 Å². The molecule has 0 fully saturated rings. The van der Waals surface area contributed by atoms with Crippen LogP contribution in [0.5, 0.6) is 11.5 Å². The zero-order valence-electron chi connectivity index (χ0n) is 13.3. The zero-order chi connectivity index (χ0) is 16.9. The van der Waals surface area contributed by atoms with Gasteiger partial charge in [0.1, 0.15) is 11.5 Å². The summed E-state index contributed by atoms with van der Waals surface area (Å²) in [7, 11) is 3.17. The summed E-state index contributed by atoms with van der Waals surface area (Å²) in [6.45, 7) is 0.473. The number of methoxy groups -OCH3 is 2. The highest BCUT2D eigenvalue weighted by molar-refractivity contribution is 5.61. The second-order valence-corrected chi connectivity index (χ2v) is 5.00. The molecule has 8 heteroatoms. The number of hydrogen-bond acceptors (Lipinski definition) is 8. The van der Waals surface area contributed by atoms with Gasteiger partial charge in [-0.3, -0.25) is 4.98 Å². The van der Waals surface area contributed by atoms with E-state index < -0.39 is 0 Å². The molecule has 0 amide bonds. The van der Waals surface area contributed by atoms with Crippen LogP contribution in [0.3, 0.4) is 0 Å². The van der Waals surface area contributed by atoms with Crippen LogP contribution in [0.4, 0.5) is 11.7 Å². The lowest BCUT2D eigenvalue weighted by atomic mass is 10.2. The standard InChI is InChI=1S/C16H17N5O3/c1-22-13-4-11(5-14(6-13)23-2)15-20-16(24-21-15)19-8-10-3-12(17)9-18-7-10/h3-7,9H,8,17H2,1-2H3,(H,19,20,21). The maximum absolute atomic E-state index is 5.70. The maximum atomic E-state index is 5.70. The molecular weight excluding hydrogens is 310 g/mol. The Bertz CT molecular complexity index is 812. The summed E-state index contributed by atoms with van der Waals surface area (Å²) in [6.07, 6.45) is 3.30. The SMILES string of the molecule is COc1cc(OC)cc(-c2noc(NCc3cncc(N)c3)n2)c1. The van der Waals surface area contributed by atoms with E-state index in [0.29, 0.717) is 35.6 Å². The number of rotatable bonds is 6. The largest absolute Gasteiger partial charge is 0.497 e. The smallest absolute Gasteiger partial charge is 0.322 e. The van der Waals surface area contributed by atoms with Crippen molar-refractivity contribution in [1.29, 1.82) is 0 Å².